The minimum Gasteiger partial charge on any atom is -0.103 e. The van der Waals surface area contributed by atoms with Gasteiger partial charge in [0.1, 0.15) is 0 Å². The Morgan fingerprint density at radius 3 is 2.64 bits per heavy atom. The Balaban J connectivity index is 3.37. The van der Waals surface area contributed by atoms with Crippen molar-refractivity contribution in [2.24, 2.45) is 0 Å². The van der Waals surface area contributed by atoms with Crippen molar-refractivity contribution in [2.75, 3.05) is 0 Å². The molecule has 0 radical (unpaired) electrons. The molecule has 0 fully saturated rings. The highest BCUT2D eigenvalue weighted by Crippen LogP contribution is 2.07. The summed E-state index contributed by atoms with van der Waals surface area (Å²) in [5.74, 6) is 0. The summed E-state index contributed by atoms with van der Waals surface area (Å²) >= 11 is 0. The first kappa shape index (κ1) is 10.5. The van der Waals surface area contributed by atoms with Crippen LogP contribution < -0.4 is 0 Å². The van der Waals surface area contributed by atoms with Crippen LogP contribution >= 0.6 is 0 Å². The van der Waals surface area contributed by atoms with Crippen LogP contribution in [0.1, 0.15) is 46.0 Å². The van der Waals surface area contributed by atoms with Crippen molar-refractivity contribution in [1.29, 1.82) is 0 Å². The van der Waals surface area contributed by atoms with Crippen LogP contribution in [-0.4, -0.2) is 0 Å². The van der Waals surface area contributed by atoms with Crippen LogP contribution in [-0.2, 0) is 0 Å². The van der Waals surface area contributed by atoms with E-state index in [0.29, 0.717) is 0 Å². The van der Waals surface area contributed by atoms with E-state index in [1.54, 1.807) is 0 Å². The maximum Gasteiger partial charge on any atom is -0.0314 e. The fourth-order valence-corrected chi connectivity index (χ4v) is 1.01. The van der Waals surface area contributed by atoms with E-state index in [2.05, 4.69) is 26.5 Å². The zero-order valence-corrected chi connectivity index (χ0v) is 7.90. The van der Waals surface area contributed by atoms with Crippen LogP contribution in [0.15, 0.2) is 24.3 Å². The van der Waals surface area contributed by atoms with Gasteiger partial charge in [0.25, 0.3) is 0 Å². The summed E-state index contributed by atoms with van der Waals surface area (Å²) < 4.78 is 0. The molecule has 0 heterocycles. The summed E-state index contributed by atoms with van der Waals surface area (Å²) in [6.07, 6.45) is 10.5. The van der Waals surface area contributed by atoms with Crippen LogP contribution in [0.4, 0.5) is 0 Å². The molecule has 64 valence electrons. The maximum atomic E-state index is 3.69. The fourth-order valence-electron chi connectivity index (χ4n) is 1.01. The van der Waals surface area contributed by atoms with Gasteiger partial charge in [-0.15, -0.1) is 6.58 Å². The molecule has 0 aromatic rings. The first-order valence-electron chi connectivity index (χ1n) is 4.57. The molecule has 0 saturated carbocycles. The average Bonchev–Trinajstić information content (AvgIpc) is 2.01. The third kappa shape index (κ3) is 7.38. The van der Waals surface area contributed by atoms with Gasteiger partial charge in [0.15, 0.2) is 0 Å². The molecule has 0 aliphatic heterocycles. The van der Waals surface area contributed by atoms with Gasteiger partial charge < -0.3 is 0 Å². The molecule has 0 saturated heterocycles. The van der Waals surface area contributed by atoms with Gasteiger partial charge in [0.05, 0.1) is 0 Å². The zero-order valence-electron chi connectivity index (χ0n) is 7.90. The summed E-state index contributed by atoms with van der Waals surface area (Å²) in [7, 11) is 0. The molecule has 0 aliphatic carbocycles. The Labute approximate surface area is 71.0 Å². The standard InChI is InChI=1S/C11H20/c1-4-6-8-10-11(3)9-7-5-2/h4,10H,1,5-9H2,2-3H3/b11-10+. The molecule has 0 spiro atoms. The van der Waals surface area contributed by atoms with Crippen molar-refractivity contribution >= 4 is 0 Å². The van der Waals surface area contributed by atoms with Crippen molar-refractivity contribution in [1.82, 2.24) is 0 Å². The highest BCUT2D eigenvalue weighted by Gasteiger charge is 1.87. The van der Waals surface area contributed by atoms with Crippen LogP contribution in [0.2, 0.25) is 0 Å². The van der Waals surface area contributed by atoms with Crippen LogP contribution in [0.3, 0.4) is 0 Å². The fraction of sp³-hybridized carbons (Fsp3) is 0.636. The number of allylic oxidation sites excluding steroid dienone is 3. The third-order valence-electron chi connectivity index (χ3n) is 1.79. The largest absolute Gasteiger partial charge is 0.103 e. The van der Waals surface area contributed by atoms with E-state index in [-0.39, 0.29) is 0 Å². The second kappa shape index (κ2) is 7.59. The number of hydrogen-bond acceptors (Lipinski definition) is 0. The molecule has 0 N–H and O–H groups in total. The Morgan fingerprint density at radius 1 is 1.36 bits per heavy atom. The van der Waals surface area contributed by atoms with Crippen LogP contribution in [0.25, 0.3) is 0 Å². The first-order chi connectivity index (χ1) is 5.31. The summed E-state index contributed by atoms with van der Waals surface area (Å²) in [6.45, 7) is 8.14. The van der Waals surface area contributed by atoms with E-state index in [9.17, 15) is 0 Å². The molecule has 0 aromatic carbocycles. The molecule has 0 rings (SSSR count). The van der Waals surface area contributed by atoms with E-state index < -0.39 is 0 Å². The minimum atomic E-state index is 1.11. The topological polar surface area (TPSA) is 0 Å². The molecular weight excluding hydrogens is 132 g/mol. The van der Waals surface area contributed by atoms with Crippen molar-refractivity contribution in [2.45, 2.75) is 46.0 Å². The molecule has 0 atom stereocenters. The summed E-state index contributed by atoms with van der Waals surface area (Å²) in [4.78, 5) is 0. The van der Waals surface area contributed by atoms with Crippen molar-refractivity contribution in [3.8, 4) is 0 Å². The molecule has 0 nitrogen and oxygen atoms in total. The predicted molar refractivity (Wildman–Crippen MR) is 52.7 cm³/mol. The zero-order chi connectivity index (χ0) is 8.53. The number of hydrogen-bond donors (Lipinski definition) is 0. The first-order valence-corrected chi connectivity index (χ1v) is 4.57. The minimum absolute atomic E-state index is 1.11. The van der Waals surface area contributed by atoms with Crippen molar-refractivity contribution < 1.29 is 0 Å². The van der Waals surface area contributed by atoms with E-state index in [4.69, 9.17) is 0 Å². The monoisotopic (exact) mass is 152 g/mol. The lowest BCUT2D eigenvalue weighted by molar-refractivity contribution is 0.782. The van der Waals surface area contributed by atoms with Crippen molar-refractivity contribution in [3.05, 3.63) is 24.3 Å². The van der Waals surface area contributed by atoms with Gasteiger partial charge in [0, 0.05) is 0 Å². The highest BCUT2D eigenvalue weighted by molar-refractivity contribution is 4.98. The van der Waals surface area contributed by atoms with Gasteiger partial charge in [-0.25, -0.2) is 0 Å². The van der Waals surface area contributed by atoms with Crippen LogP contribution in [0, 0.1) is 0 Å². The van der Waals surface area contributed by atoms with E-state index in [0.717, 1.165) is 6.42 Å². The van der Waals surface area contributed by atoms with Gasteiger partial charge in [-0.1, -0.05) is 31.1 Å². The molecule has 11 heavy (non-hydrogen) atoms. The summed E-state index contributed by atoms with van der Waals surface area (Å²) in [5.41, 5.74) is 1.54. The molecule has 0 heteroatoms. The molecule has 0 bridgehead atoms. The summed E-state index contributed by atoms with van der Waals surface area (Å²) in [5, 5.41) is 0. The second-order valence-electron chi connectivity index (χ2n) is 3.02. The highest BCUT2D eigenvalue weighted by atomic mass is 13.9. The molecule has 0 aliphatic rings. The summed E-state index contributed by atoms with van der Waals surface area (Å²) in [6, 6.07) is 0. The lowest BCUT2D eigenvalue weighted by atomic mass is 10.1. The molecule has 0 unspecified atom stereocenters. The molecule has 0 amide bonds. The average molecular weight is 152 g/mol. The van der Waals surface area contributed by atoms with E-state index >= 15 is 0 Å². The smallest absolute Gasteiger partial charge is 0.0314 e. The normalized spacial score (nSPS) is 11.6. The Hall–Kier alpha value is -0.520. The third-order valence-corrected chi connectivity index (χ3v) is 1.79. The Kier molecular flexibility index (Phi) is 7.23. The van der Waals surface area contributed by atoms with E-state index in [1.807, 2.05) is 6.08 Å². The molecule has 0 aromatic heterocycles. The number of rotatable bonds is 6. The number of unbranched alkanes of at least 4 members (excludes halogenated alkanes) is 2. The van der Waals surface area contributed by atoms with Gasteiger partial charge >= 0.3 is 0 Å². The van der Waals surface area contributed by atoms with Crippen molar-refractivity contribution in [3.63, 3.8) is 0 Å². The lowest BCUT2D eigenvalue weighted by Gasteiger charge is -1.97. The second-order valence-corrected chi connectivity index (χ2v) is 3.02. The predicted octanol–water partition coefficient (Wildman–Crippen LogP) is 4.09. The SMILES string of the molecule is C=CCC/C=C(\C)CCCC. The lowest BCUT2D eigenvalue weighted by Crippen LogP contribution is -1.77. The molecular formula is C11H20. The quantitative estimate of drug-likeness (QED) is 0.397. The Morgan fingerprint density at radius 2 is 2.09 bits per heavy atom. The van der Waals surface area contributed by atoms with Gasteiger partial charge in [-0.2, -0.15) is 0 Å². The van der Waals surface area contributed by atoms with Gasteiger partial charge in [-0.3, -0.25) is 0 Å². The van der Waals surface area contributed by atoms with Gasteiger partial charge in [0.2, 0.25) is 0 Å². The van der Waals surface area contributed by atoms with E-state index in [1.165, 1.54) is 31.3 Å². The Bertz CT molecular complexity index is 120. The maximum absolute atomic E-state index is 3.69. The van der Waals surface area contributed by atoms with Gasteiger partial charge in [-0.05, 0) is 32.6 Å². The van der Waals surface area contributed by atoms with Crippen LogP contribution in [0.5, 0.6) is 0 Å².